The summed E-state index contributed by atoms with van der Waals surface area (Å²) in [6.07, 6.45) is 0.678. The number of thiazole rings is 1. The fourth-order valence-electron chi connectivity index (χ4n) is 2.16. The zero-order chi connectivity index (χ0) is 15.4. The number of nitrogens with zero attached hydrogens (tertiary/aromatic N) is 1. The third-order valence-electron chi connectivity index (χ3n) is 3.28. The van der Waals surface area contributed by atoms with Crippen molar-refractivity contribution in [2.75, 3.05) is 5.32 Å². The minimum absolute atomic E-state index is 0.144. The maximum atomic E-state index is 10.7. The molecule has 5 heteroatoms. The normalized spacial score (nSPS) is 10.9. The van der Waals surface area contributed by atoms with Crippen LogP contribution in [0.3, 0.4) is 0 Å². The summed E-state index contributed by atoms with van der Waals surface area (Å²) in [5.74, 6) is -0.344. The Bertz CT molecular complexity index is 635. The second-order valence-corrected chi connectivity index (χ2v) is 6.37. The highest BCUT2D eigenvalue weighted by atomic mass is 32.1. The number of carbonyl (C=O) groups is 1. The summed E-state index contributed by atoms with van der Waals surface area (Å²) in [6, 6.07) is 8.19. The molecule has 2 rings (SSSR count). The number of aromatic nitrogens is 1. The Kier molecular flexibility index (Phi) is 4.96. The van der Waals surface area contributed by atoms with Crippen LogP contribution in [0.4, 0.5) is 10.8 Å². The third kappa shape index (κ3) is 4.04. The lowest BCUT2D eigenvalue weighted by molar-refractivity contribution is -0.136. The lowest BCUT2D eigenvalue weighted by atomic mass is 10.0. The number of aliphatic carboxylic acids is 1. The summed E-state index contributed by atoms with van der Waals surface area (Å²) in [5.41, 5.74) is 3.22. The minimum Gasteiger partial charge on any atom is -0.481 e. The molecule has 4 nitrogen and oxygen atoms in total. The van der Waals surface area contributed by atoms with Crippen LogP contribution in [0.1, 0.15) is 42.3 Å². The van der Waals surface area contributed by atoms with Crippen molar-refractivity contribution in [2.24, 2.45) is 0 Å². The predicted molar refractivity (Wildman–Crippen MR) is 86.6 cm³/mol. The Morgan fingerprint density at radius 2 is 2.10 bits per heavy atom. The SMILES string of the molecule is Cc1nc(Nc2ccccc2C(C)C)sc1CCC(=O)O. The van der Waals surface area contributed by atoms with E-state index in [9.17, 15) is 4.79 Å². The number of carboxylic acids is 1. The Morgan fingerprint density at radius 1 is 1.38 bits per heavy atom. The molecule has 0 aliphatic carbocycles. The average molecular weight is 304 g/mol. The van der Waals surface area contributed by atoms with Gasteiger partial charge in [-0.1, -0.05) is 32.0 Å². The zero-order valence-electron chi connectivity index (χ0n) is 12.5. The van der Waals surface area contributed by atoms with Gasteiger partial charge in [0.25, 0.3) is 0 Å². The quantitative estimate of drug-likeness (QED) is 0.833. The number of hydrogen-bond acceptors (Lipinski definition) is 4. The minimum atomic E-state index is -0.775. The second-order valence-electron chi connectivity index (χ2n) is 5.29. The first-order valence-electron chi connectivity index (χ1n) is 7.01. The van der Waals surface area contributed by atoms with E-state index >= 15 is 0 Å². The molecule has 2 N–H and O–H groups in total. The van der Waals surface area contributed by atoms with Crippen LogP contribution in [0.15, 0.2) is 24.3 Å². The Hall–Kier alpha value is -1.88. The van der Waals surface area contributed by atoms with Crippen molar-refractivity contribution in [3.05, 3.63) is 40.4 Å². The van der Waals surface area contributed by atoms with Crippen molar-refractivity contribution in [1.29, 1.82) is 0 Å². The fraction of sp³-hybridized carbons (Fsp3) is 0.375. The van der Waals surface area contributed by atoms with Crippen molar-refractivity contribution in [1.82, 2.24) is 4.98 Å². The molecule has 0 unspecified atom stereocenters. The number of hydrogen-bond donors (Lipinski definition) is 2. The highest BCUT2D eigenvalue weighted by Crippen LogP contribution is 2.30. The molecule has 1 aromatic carbocycles. The Balaban J connectivity index is 2.17. The molecule has 0 saturated heterocycles. The maximum Gasteiger partial charge on any atom is 0.303 e. The smallest absolute Gasteiger partial charge is 0.303 e. The molecule has 2 aromatic rings. The second kappa shape index (κ2) is 6.72. The van der Waals surface area contributed by atoms with Gasteiger partial charge in [0, 0.05) is 10.6 Å². The van der Waals surface area contributed by atoms with E-state index in [2.05, 4.69) is 30.2 Å². The lowest BCUT2D eigenvalue weighted by Gasteiger charge is -2.12. The Labute approximate surface area is 128 Å². The summed E-state index contributed by atoms with van der Waals surface area (Å²) in [4.78, 5) is 16.2. The summed E-state index contributed by atoms with van der Waals surface area (Å²) in [5, 5.41) is 13.0. The average Bonchev–Trinajstić information content (AvgIpc) is 2.77. The number of para-hydroxylation sites is 1. The highest BCUT2D eigenvalue weighted by Gasteiger charge is 2.11. The largest absolute Gasteiger partial charge is 0.481 e. The molecule has 0 radical (unpaired) electrons. The number of rotatable bonds is 6. The van der Waals surface area contributed by atoms with Gasteiger partial charge < -0.3 is 10.4 Å². The van der Waals surface area contributed by atoms with Crippen LogP contribution in [0.2, 0.25) is 0 Å². The number of carboxylic acid groups (broad SMARTS) is 1. The van der Waals surface area contributed by atoms with Crippen LogP contribution in [-0.4, -0.2) is 16.1 Å². The van der Waals surface area contributed by atoms with Gasteiger partial charge in [-0.15, -0.1) is 11.3 Å². The monoisotopic (exact) mass is 304 g/mol. The molecule has 0 amide bonds. The van der Waals surface area contributed by atoms with E-state index in [-0.39, 0.29) is 6.42 Å². The van der Waals surface area contributed by atoms with E-state index < -0.39 is 5.97 Å². The van der Waals surface area contributed by atoms with E-state index in [0.29, 0.717) is 12.3 Å². The fourth-order valence-corrected chi connectivity index (χ4v) is 3.14. The first-order valence-corrected chi connectivity index (χ1v) is 7.83. The maximum absolute atomic E-state index is 10.7. The summed E-state index contributed by atoms with van der Waals surface area (Å²) >= 11 is 1.53. The molecule has 0 fully saturated rings. The lowest BCUT2D eigenvalue weighted by Crippen LogP contribution is -1.97. The zero-order valence-corrected chi connectivity index (χ0v) is 13.3. The van der Waals surface area contributed by atoms with Crippen LogP contribution < -0.4 is 5.32 Å². The first-order chi connectivity index (χ1) is 9.97. The standard InChI is InChI=1S/C16H20N2O2S/c1-10(2)12-6-4-5-7-13(12)18-16-17-11(3)14(21-16)8-9-15(19)20/h4-7,10H,8-9H2,1-3H3,(H,17,18)(H,19,20). The number of benzene rings is 1. The predicted octanol–water partition coefficient (Wildman–Crippen LogP) is 4.34. The highest BCUT2D eigenvalue weighted by molar-refractivity contribution is 7.15. The topological polar surface area (TPSA) is 62.2 Å². The van der Waals surface area contributed by atoms with Crippen molar-refractivity contribution in [3.63, 3.8) is 0 Å². The van der Waals surface area contributed by atoms with Crippen molar-refractivity contribution in [3.8, 4) is 0 Å². The van der Waals surface area contributed by atoms with Crippen LogP contribution in [0, 0.1) is 6.92 Å². The molecule has 0 bridgehead atoms. The van der Waals surface area contributed by atoms with E-state index in [1.165, 1.54) is 16.9 Å². The van der Waals surface area contributed by atoms with Crippen LogP contribution in [-0.2, 0) is 11.2 Å². The molecule has 1 aromatic heterocycles. The van der Waals surface area contributed by atoms with E-state index in [0.717, 1.165) is 21.4 Å². The molecular weight excluding hydrogens is 284 g/mol. The number of nitrogens with one attached hydrogen (secondary N) is 1. The van der Waals surface area contributed by atoms with E-state index in [1.807, 2.05) is 25.1 Å². The summed E-state index contributed by atoms with van der Waals surface area (Å²) in [6.45, 7) is 6.24. The molecule has 0 atom stereocenters. The van der Waals surface area contributed by atoms with Gasteiger partial charge in [0.1, 0.15) is 0 Å². The summed E-state index contributed by atoms with van der Waals surface area (Å²) < 4.78 is 0. The van der Waals surface area contributed by atoms with Gasteiger partial charge in [0.2, 0.25) is 0 Å². The Morgan fingerprint density at radius 3 is 2.76 bits per heavy atom. The van der Waals surface area contributed by atoms with E-state index in [4.69, 9.17) is 5.11 Å². The van der Waals surface area contributed by atoms with Gasteiger partial charge in [-0.25, -0.2) is 4.98 Å². The molecule has 112 valence electrons. The molecule has 21 heavy (non-hydrogen) atoms. The molecule has 0 aliphatic rings. The van der Waals surface area contributed by atoms with Crippen LogP contribution in [0.5, 0.6) is 0 Å². The molecule has 1 heterocycles. The number of anilines is 2. The van der Waals surface area contributed by atoms with Crippen LogP contribution >= 0.6 is 11.3 Å². The van der Waals surface area contributed by atoms with Gasteiger partial charge >= 0.3 is 5.97 Å². The van der Waals surface area contributed by atoms with E-state index in [1.54, 1.807) is 0 Å². The van der Waals surface area contributed by atoms with Gasteiger partial charge in [-0.3, -0.25) is 4.79 Å². The molecular formula is C16H20N2O2S. The first kappa shape index (κ1) is 15.5. The number of aryl methyl sites for hydroxylation is 2. The van der Waals surface area contributed by atoms with Gasteiger partial charge in [0.05, 0.1) is 12.1 Å². The molecule has 0 saturated carbocycles. The van der Waals surface area contributed by atoms with Crippen molar-refractivity contribution in [2.45, 2.75) is 39.5 Å². The van der Waals surface area contributed by atoms with Gasteiger partial charge in [-0.05, 0) is 30.9 Å². The molecule has 0 spiro atoms. The molecule has 0 aliphatic heterocycles. The van der Waals surface area contributed by atoms with Gasteiger partial charge in [-0.2, -0.15) is 0 Å². The van der Waals surface area contributed by atoms with Crippen LogP contribution in [0.25, 0.3) is 0 Å². The van der Waals surface area contributed by atoms with Crippen molar-refractivity contribution >= 4 is 28.1 Å². The van der Waals surface area contributed by atoms with Crippen molar-refractivity contribution < 1.29 is 9.90 Å². The third-order valence-corrected chi connectivity index (χ3v) is 4.42. The summed E-state index contributed by atoms with van der Waals surface area (Å²) in [7, 11) is 0. The van der Waals surface area contributed by atoms with Gasteiger partial charge in [0.15, 0.2) is 5.13 Å².